The highest BCUT2D eigenvalue weighted by molar-refractivity contribution is 6.31. The van der Waals surface area contributed by atoms with Gasteiger partial charge in [-0.1, -0.05) is 35.9 Å². The molecule has 2 atom stereocenters. The van der Waals surface area contributed by atoms with Crippen molar-refractivity contribution in [3.05, 3.63) is 46.5 Å². The zero-order valence-electron chi connectivity index (χ0n) is 11.4. The molecule has 1 aliphatic carbocycles. The smallest absolute Gasteiger partial charge is 0.163 e. The Morgan fingerprint density at radius 1 is 1.47 bits per heavy atom. The van der Waals surface area contributed by atoms with Crippen molar-refractivity contribution in [2.24, 2.45) is 0 Å². The lowest BCUT2D eigenvalue weighted by Crippen LogP contribution is -2.21. The molecule has 0 aliphatic heterocycles. The first kappa shape index (κ1) is 14.3. The van der Waals surface area contributed by atoms with E-state index in [1.807, 2.05) is 25.1 Å². The summed E-state index contributed by atoms with van der Waals surface area (Å²) in [4.78, 5) is 11.8. The minimum absolute atomic E-state index is 0.0129. The van der Waals surface area contributed by atoms with Crippen LogP contribution >= 0.6 is 11.6 Å². The third-order valence-corrected chi connectivity index (χ3v) is 3.80. The summed E-state index contributed by atoms with van der Waals surface area (Å²) in [5, 5.41) is 0.673. The minimum atomic E-state index is -0.522. The molecular weight excluding hydrogens is 260 g/mol. The molecule has 1 aromatic rings. The highest BCUT2D eigenvalue weighted by Crippen LogP contribution is 2.27. The molecule has 3 heteroatoms. The molecule has 0 spiro atoms. The fourth-order valence-electron chi connectivity index (χ4n) is 2.25. The Balaban J connectivity index is 2.19. The molecule has 0 saturated heterocycles. The first-order chi connectivity index (χ1) is 9.08. The minimum Gasteiger partial charge on any atom is -0.358 e. The van der Waals surface area contributed by atoms with Crippen LogP contribution in [0.4, 0.5) is 0 Å². The Morgan fingerprint density at radius 3 is 2.84 bits per heavy atom. The first-order valence-electron chi connectivity index (χ1n) is 6.66. The van der Waals surface area contributed by atoms with Gasteiger partial charge in [0, 0.05) is 5.02 Å². The van der Waals surface area contributed by atoms with E-state index in [2.05, 4.69) is 12.2 Å². The van der Waals surface area contributed by atoms with Gasteiger partial charge in [0.25, 0.3) is 0 Å². The van der Waals surface area contributed by atoms with Crippen molar-refractivity contribution in [1.82, 2.24) is 0 Å². The number of rotatable bonds is 4. The number of halogens is 1. The molecular formula is C16H19ClO2. The predicted octanol–water partition coefficient (Wildman–Crippen LogP) is 4.40. The SMILES string of the molecule is CC(=O)C(OC1C=CCCC1)c1ccc(C)c(Cl)c1. The summed E-state index contributed by atoms with van der Waals surface area (Å²) >= 11 is 6.12. The van der Waals surface area contributed by atoms with Crippen LogP contribution in [0.25, 0.3) is 0 Å². The number of hydrogen-bond donors (Lipinski definition) is 0. The molecule has 0 N–H and O–H groups in total. The molecule has 102 valence electrons. The maximum atomic E-state index is 11.8. The summed E-state index contributed by atoms with van der Waals surface area (Å²) < 4.78 is 5.94. The topological polar surface area (TPSA) is 26.3 Å². The molecule has 0 heterocycles. The van der Waals surface area contributed by atoms with Crippen molar-refractivity contribution in [2.45, 2.75) is 45.3 Å². The lowest BCUT2D eigenvalue weighted by atomic mass is 10.0. The van der Waals surface area contributed by atoms with Crippen LogP contribution in [0.5, 0.6) is 0 Å². The maximum absolute atomic E-state index is 11.8. The Kier molecular flexibility index (Phi) is 4.78. The van der Waals surface area contributed by atoms with Gasteiger partial charge in [-0.25, -0.2) is 0 Å². The van der Waals surface area contributed by atoms with Gasteiger partial charge in [0.05, 0.1) is 6.10 Å². The van der Waals surface area contributed by atoms with Gasteiger partial charge in [0.1, 0.15) is 6.10 Å². The molecule has 1 aliphatic rings. The molecule has 1 aromatic carbocycles. The van der Waals surface area contributed by atoms with Crippen molar-refractivity contribution in [1.29, 1.82) is 0 Å². The average Bonchev–Trinajstić information content (AvgIpc) is 2.40. The molecule has 0 aromatic heterocycles. The number of ether oxygens (including phenoxy) is 1. The fourth-order valence-corrected chi connectivity index (χ4v) is 2.44. The molecule has 0 bridgehead atoms. The summed E-state index contributed by atoms with van der Waals surface area (Å²) in [7, 11) is 0. The number of hydrogen-bond acceptors (Lipinski definition) is 2. The van der Waals surface area contributed by atoms with E-state index in [0.29, 0.717) is 5.02 Å². The summed E-state index contributed by atoms with van der Waals surface area (Å²) in [6.45, 7) is 3.50. The van der Waals surface area contributed by atoms with E-state index in [0.717, 1.165) is 30.4 Å². The monoisotopic (exact) mass is 278 g/mol. The third kappa shape index (κ3) is 3.68. The van der Waals surface area contributed by atoms with Crippen LogP contribution < -0.4 is 0 Å². The van der Waals surface area contributed by atoms with Crippen LogP contribution in [0.1, 0.15) is 43.4 Å². The van der Waals surface area contributed by atoms with E-state index in [9.17, 15) is 4.79 Å². The molecule has 0 amide bonds. The quantitative estimate of drug-likeness (QED) is 0.763. The van der Waals surface area contributed by atoms with Gasteiger partial charge in [-0.15, -0.1) is 0 Å². The van der Waals surface area contributed by atoms with Crippen molar-refractivity contribution < 1.29 is 9.53 Å². The number of carbonyl (C=O) groups is 1. The highest BCUT2D eigenvalue weighted by Gasteiger charge is 2.22. The first-order valence-corrected chi connectivity index (χ1v) is 7.04. The van der Waals surface area contributed by atoms with Gasteiger partial charge in [-0.2, -0.15) is 0 Å². The number of aryl methyl sites for hydroxylation is 1. The van der Waals surface area contributed by atoms with E-state index in [1.165, 1.54) is 0 Å². The largest absolute Gasteiger partial charge is 0.358 e. The second-order valence-electron chi connectivity index (χ2n) is 5.03. The third-order valence-electron chi connectivity index (χ3n) is 3.39. The van der Waals surface area contributed by atoms with E-state index >= 15 is 0 Å². The van der Waals surface area contributed by atoms with Gasteiger partial charge in [0.2, 0.25) is 0 Å². The van der Waals surface area contributed by atoms with Crippen LogP contribution in [-0.4, -0.2) is 11.9 Å². The van der Waals surface area contributed by atoms with Crippen molar-refractivity contribution in [2.75, 3.05) is 0 Å². The van der Waals surface area contributed by atoms with Crippen LogP contribution in [0.3, 0.4) is 0 Å². The van der Waals surface area contributed by atoms with Crippen LogP contribution in [-0.2, 0) is 9.53 Å². The summed E-state index contributed by atoms with van der Waals surface area (Å²) in [5.74, 6) is 0.0129. The molecule has 0 radical (unpaired) electrons. The predicted molar refractivity (Wildman–Crippen MR) is 77.5 cm³/mol. The molecule has 0 saturated carbocycles. The number of allylic oxidation sites excluding steroid dienone is 1. The standard InChI is InChI=1S/C16H19ClO2/c1-11-8-9-13(10-15(11)17)16(12(2)18)19-14-6-4-3-5-7-14/h4,6,8-10,14,16H,3,5,7H2,1-2H3. The van der Waals surface area contributed by atoms with Crippen LogP contribution in [0.2, 0.25) is 5.02 Å². The molecule has 2 rings (SSSR count). The number of Topliss-reactive ketones (excluding diaryl/α,β-unsaturated/α-hetero) is 1. The fraction of sp³-hybridized carbons (Fsp3) is 0.438. The Morgan fingerprint density at radius 2 is 2.26 bits per heavy atom. The Labute approximate surface area is 119 Å². The van der Waals surface area contributed by atoms with Gasteiger partial charge in [-0.3, -0.25) is 4.79 Å². The second kappa shape index (κ2) is 6.36. The van der Waals surface area contributed by atoms with Crippen LogP contribution in [0, 0.1) is 6.92 Å². The Hall–Kier alpha value is -1.12. The van der Waals surface area contributed by atoms with E-state index in [-0.39, 0.29) is 11.9 Å². The highest BCUT2D eigenvalue weighted by atomic mass is 35.5. The molecule has 2 unspecified atom stereocenters. The molecule has 0 fully saturated rings. The number of ketones is 1. The van der Waals surface area contributed by atoms with Gasteiger partial charge in [-0.05, 0) is 50.3 Å². The lowest BCUT2D eigenvalue weighted by Gasteiger charge is -2.23. The van der Waals surface area contributed by atoms with Gasteiger partial charge < -0.3 is 4.74 Å². The van der Waals surface area contributed by atoms with Crippen LogP contribution in [0.15, 0.2) is 30.4 Å². The summed E-state index contributed by atoms with van der Waals surface area (Å²) in [5.41, 5.74) is 1.84. The van der Waals surface area contributed by atoms with E-state index in [1.54, 1.807) is 6.92 Å². The number of benzene rings is 1. The van der Waals surface area contributed by atoms with Crippen molar-refractivity contribution >= 4 is 17.4 Å². The second-order valence-corrected chi connectivity index (χ2v) is 5.44. The normalized spacial score (nSPS) is 20.3. The Bertz CT molecular complexity index is 494. The lowest BCUT2D eigenvalue weighted by molar-refractivity contribution is -0.131. The molecule has 19 heavy (non-hydrogen) atoms. The summed E-state index contributed by atoms with van der Waals surface area (Å²) in [6, 6.07) is 5.67. The van der Waals surface area contributed by atoms with Crippen molar-refractivity contribution in [3.8, 4) is 0 Å². The van der Waals surface area contributed by atoms with E-state index < -0.39 is 6.10 Å². The van der Waals surface area contributed by atoms with Crippen molar-refractivity contribution in [3.63, 3.8) is 0 Å². The molecule has 2 nitrogen and oxygen atoms in total. The zero-order chi connectivity index (χ0) is 13.8. The number of carbonyl (C=O) groups excluding carboxylic acids is 1. The maximum Gasteiger partial charge on any atom is 0.163 e. The zero-order valence-corrected chi connectivity index (χ0v) is 12.1. The van der Waals surface area contributed by atoms with Gasteiger partial charge >= 0.3 is 0 Å². The van der Waals surface area contributed by atoms with E-state index in [4.69, 9.17) is 16.3 Å². The average molecular weight is 279 g/mol. The summed E-state index contributed by atoms with van der Waals surface area (Å²) in [6.07, 6.45) is 6.86. The van der Waals surface area contributed by atoms with Gasteiger partial charge in [0.15, 0.2) is 5.78 Å².